The number of hydrogen-bond donors (Lipinski definition) is 1. The Morgan fingerprint density at radius 3 is 2.44 bits per heavy atom. The molecule has 0 aliphatic carbocycles. The molecule has 148 valence electrons. The first kappa shape index (κ1) is 22.7. The Kier molecular flexibility index (Phi) is 9.74. The molecular formula is C18H35NO5S. The summed E-state index contributed by atoms with van der Waals surface area (Å²) in [6.45, 7) is 9.09. The van der Waals surface area contributed by atoms with Crippen molar-refractivity contribution >= 4 is 17.3 Å². The minimum absolute atomic E-state index is 0.184. The third-order valence-corrected chi connectivity index (χ3v) is 5.98. The fourth-order valence-electron chi connectivity index (χ4n) is 2.76. The molecule has 1 fully saturated rings. The van der Waals surface area contributed by atoms with Crippen LogP contribution < -0.4 is 4.72 Å². The summed E-state index contributed by atoms with van der Waals surface area (Å²) >= 11 is -1.25. The average molecular weight is 378 g/mol. The van der Waals surface area contributed by atoms with Gasteiger partial charge in [-0.25, -0.2) is 0 Å². The molecule has 0 saturated carbocycles. The average Bonchev–Trinajstić information content (AvgIpc) is 3.01. The Bertz CT molecular complexity index is 393. The van der Waals surface area contributed by atoms with Crippen LogP contribution in [0.1, 0.15) is 72.6 Å². The molecule has 1 aliphatic rings. The number of rotatable bonds is 11. The maximum atomic E-state index is 12.4. The van der Waals surface area contributed by atoms with Crippen LogP contribution >= 0.6 is 0 Å². The lowest BCUT2D eigenvalue weighted by atomic mass is 9.98. The highest BCUT2D eigenvalue weighted by Crippen LogP contribution is 2.32. The van der Waals surface area contributed by atoms with Gasteiger partial charge in [-0.1, -0.05) is 19.8 Å². The van der Waals surface area contributed by atoms with Crippen molar-refractivity contribution < 1.29 is 23.6 Å². The van der Waals surface area contributed by atoms with Crippen LogP contribution in [0.5, 0.6) is 0 Å². The molecule has 0 aromatic rings. The molecule has 0 aromatic heterocycles. The van der Waals surface area contributed by atoms with Crippen LogP contribution in [0.3, 0.4) is 0 Å². The number of unbranched alkanes of at least 4 members (excludes halogenated alkanes) is 2. The van der Waals surface area contributed by atoms with Gasteiger partial charge in [0.2, 0.25) is 0 Å². The molecule has 2 atom stereocenters. The summed E-state index contributed by atoms with van der Waals surface area (Å²) in [5.74, 6) is -0.870. The second-order valence-electron chi connectivity index (χ2n) is 7.58. The van der Waals surface area contributed by atoms with E-state index in [0.717, 1.165) is 25.7 Å². The second kappa shape index (κ2) is 10.7. The summed E-state index contributed by atoms with van der Waals surface area (Å²) in [6, 6.07) is -0.233. The Hall–Kier alpha value is -0.340. The van der Waals surface area contributed by atoms with Gasteiger partial charge in [0.15, 0.2) is 5.79 Å². The maximum absolute atomic E-state index is 12.4. The molecule has 0 bridgehead atoms. The number of esters is 1. The number of hydrogen-bond acceptors (Lipinski definition) is 6. The Balaban J connectivity index is 2.66. The van der Waals surface area contributed by atoms with Crippen LogP contribution in [0.15, 0.2) is 0 Å². The van der Waals surface area contributed by atoms with E-state index in [9.17, 15) is 9.35 Å². The van der Waals surface area contributed by atoms with Gasteiger partial charge in [0, 0.05) is 24.2 Å². The number of carbonyl (C=O) groups is 1. The summed E-state index contributed by atoms with van der Waals surface area (Å²) in [4.78, 5) is 11.7. The zero-order valence-corrected chi connectivity index (χ0v) is 17.2. The summed E-state index contributed by atoms with van der Waals surface area (Å²) in [7, 11) is 1.37. The van der Waals surface area contributed by atoms with Crippen LogP contribution in [-0.2, 0) is 30.4 Å². The van der Waals surface area contributed by atoms with E-state index in [1.165, 1.54) is 7.11 Å². The SMILES string of the molecule is CCCCCC1(CC[C@@H](CC(=O)OC)N[S+]([O-])C(C)(C)C)OCCO1. The van der Waals surface area contributed by atoms with E-state index in [1.807, 2.05) is 20.8 Å². The van der Waals surface area contributed by atoms with Gasteiger partial charge >= 0.3 is 5.97 Å². The molecule has 1 N–H and O–H groups in total. The van der Waals surface area contributed by atoms with Crippen molar-refractivity contribution in [1.82, 2.24) is 4.72 Å². The molecular weight excluding hydrogens is 342 g/mol. The molecule has 1 aliphatic heterocycles. The first-order chi connectivity index (χ1) is 11.7. The minimum atomic E-state index is -1.25. The third-order valence-electron chi connectivity index (χ3n) is 4.32. The van der Waals surface area contributed by atoms with Crippen molar-refractivity contribution in [1.29, 1.82) is 0 Å². The van der Waals surface area contributed by atoms with Crippen molar-refractivity contribution in [3.05, 3.63) is 0 Å². The number of methoxy groups -OCH3 is 1. The topological polar surface area (TPSA) is 79.9 Å². The summed E-state index contributed by atoms with van der Waals surface area (Å²) < 4.78 is 31.7. The molecule has 0 spiro atoms. The predicted molar refractivity (Wildman–Crippen MR) is 99.5 cm³/mol. The van der Waals surface area contributed by atoms with Gasteiger partial charge < -0.3 is 18.8 Å². The highest BCUT2D eigenvalue weighted by molar-refractivity contribution is 7.90. The lowest BCUT2D eigenvalue weighted by molar-refractivity contribution is -0.169. The first-order valence-corrected chi connectivity index (χ1v) is 10.4. The van der Waals surface area contributed by atoms with Crippen molar-refractivity contribution in [3.63, 3.8) is 0 Å². The van der Waals surface area contributed by atoms with E-state index >= 15 is 0 Å². The number of nitrogens with one attached hydrogen (secondary N) is 1. The maximum Gasteiger partial charge on any atom is 0.307 e. The normalized spacial score (nSPS) is 19.6. The van der Waals surface area contributed by atoms with Crippen LogP contribution in [0.25, 0.3) is 0 Å². The smallest absolute Gasteiger partial charge is 0.307 e. The highest BCUT2D eigenvalue weighted by Gasteiger charge is 2.38. The lowest BCUT2D eigenvalue weighted by Crippen LogP contribution is -2.46. The van der Waals surface area contributed by atoms with Gasteiger partial charge in [-0.2, -0.15) is 0 Å². The number of ether oxygens (including phenoxy) is 3. The molecule has 25 heavy (non-hydrogen) atoms. The summed E-state index contributed by atoms with van der Waals surface area (Å²) in [6.07, 6.45) is 5.70. The van der Waals surface area contributed by atoms with Gasteiger partial charge in [-0.3, -0.25) is 4.79 Å². The van der Waals surface area contributed by atoms with Crippen molar-refractivity contribution in [2.24, 2.45) is 0 Å². The van der Waals surface area contributed by atoms with Crippen molar-refractivity contribution in [2.45, 2.75) is 89.2 Å². The van der Waals surface area contributed by atoms with Crippen LogP contribution in [0.4, 0.5) is 0 Å². The molecule has 0 radical (unpaired) electrons. The highest BCUT2D eigenvalue weighted by atomic mass is 32.2. The molecule has 6 nitrogen and oxygen atoms in total. The third kappa shape index (κ3) is 8.26. The van der Waals surface area contributed by atoms with E-state index in [0.29, 0.717) is 26.1 Å². The molecule has 0 aromatic carbocycles. The van der Waals surface area contributed by atoms with Gasteiger partial charge in [0.25, 0.3) is 0 Å². The molecule has 0 amide bonds. The van der Waals surface area contributed by atoms with Crippen molar-refractivity contribution in [3.8, 4) is 0 Å². The number of carbonyl (C=O) groups excluding carboxylic acids is 1. The fourth-order valence-corrected chi connectivity index (χ4v) is 3.62. The van der Waals surface area contributed by atoms with E-state index in [2.05, 4.69) is 11.6 Å². The van der Waals surface area contributed by atoms with Gasteiger partial charge in [-0.15, -0.1) is 4.72 Å². The molecule has 7 heteroatoms. The standard InChI is InChI=1S/C18H35NO5S/c1-6-7-8-10-18(23-12-13-24-18)11-9-15(14-16(20)22-5)19-25(21)17(2,3)4/h15,19H,6-14H2,1-5H3/t15-,25?/m0/s1. The lowest BCUT2D eigenvalue weighted by Gasteiger charge is -2.31. The molecule has 1 heterocycles. The Morgan fingerprint density at radius 2 is 1.92 bits per heavy atom. The van der Waals surface area contributed by atoms with Crippen molar-refractivity contribution in [2.75, 3.05) is 20.3 Å². The Morgan fingerprint density at radius 1 is 1.28 bits per heavy atom. The Labute approximate surface area is 155 Å². The monoisotopic (exact) mass is 377 g/mol. The van der Waals surface area contributed by atoms with Gasteiger partial charge in [-0.05, 0) is 33.6 Å². The largest absolute Gasteiger partial charge is 0.598 e. The van der Waals surface area contributed by atoms with Crippen LogP contribution in [-0.4, -0.2) is 47.4 Å². The zero-order chi connectivity index (χ0) is 18.9. The molecule has 1 rings (SSSR count). The first-order valence-electron chi connectivity index (χ1n) is 9.25. The van der Waals surface area contributed by atoms with Gasteiger partial charge in [0.05, 0.1) is 32.8 Å². The van der Waals surface area contributed by atoms with Gasteiger partial charge in [0.1, 0.15) is 4.75 Å². The van der Waals surface area contributed by atoms with E-state index < -0.39 is 21.9 Å². The minimum Gasteiger partial charge on any atom is -0.598 e. The van der Waals surface area contributed by atoms with Crippen LogP contribution in [0.2, 0.25) is 0 Å². The summed E-state index contributed by atoms with van der Waals surface area (Å²) in [5.41, 5.74) is 0. The van der Waals surface area contributed by atoms with E-state index in [4.69, 9.17) is 14.2 Å². The quantitative estimate of drug-likeness (QED) is 0.339. The molecule has 1 saturated heterocycles. The molecule has 1 unspecified atom stereocenters. The van der Waals surface area contributed by atoms with Crippen LogP contribution in [0, 0.1) is 0 Å². The summed E-state index contributed by atoms with van der Waals surface area (Å²) in [5, 5.41) is 0. The predicted octanol–water partition coefficient (Wildman–Crippen LogP) is 3.07. The fraction of sp³-hybridized carbons (Fsp3) is 0.944. The van der Waals surface area contributed by atoms with E-state index in [1.54, 1.807) is 0 Å². The van der Waals surface area contributed by atoms with E-state index in [-0.39, 0.29) is 18.4 Å². The second-order valence-corrected chi connectivity index (χ2v) is 9.58. The zero-order valence-electron chi connectivity index (χ0n) is 16.4.